The van der Waals surface area contributed by atoms with E-state index in [2.05, 4.69) is 46.9 Å². The van der Waals surface area contributed by atoms with Crippen LogP contribution in [0.25, 0.3) is 0 Å². The number of carbonyl (C=O) groups excluding carboxylic acids is 1. The second-order valence-electron chi connectivity index (χ2n) is 7.72. The van der Waals surface area contributed by atoms with Gasteiger partial charge in [0.15, 0.2) is 0 Å². The molecule has 0 fully saturated rings. The lowest BCUT2D eigenvalue weighted by molar-refractivity contribution is -0.115. The summed E-state index contributed by atoms with van der Waals surface area (Å²) in [7, 11) is 0. The van der Waals surface area contributed by atoms with Gasteiger partial charge >= 0.3 is 0 Å². The zero-order valence-electron chi connectivity index (χ0n) is 14.6. The molecule has 1 rings (SSSR count). The maximum Gasteiger partial charge on any atom is 0.224 e. The van der Waals surface area contributed by atoms with E-state index in [1.165, 1.54) is 0 Å². The van der Waals surface area contributed by atoms with Crippen molar-refractivity contribution in [2.24, 2.45) is 0 Å². The van der Waals surface area contributed by atoms with Crippen LogP contribution in [0.2, 0.25) is 0 Å². The molecule has 1 aromatic carbocycles. The fourth-order valence-electron chi connectivity index (χ4n) is 2.63. The van der Waals surface area contributed by atoms with Crippen molar-refractivity contribution in [3.8, 4) is 5.75 Å². The van der Waals surface area contributed by atoms with E-state index in [0.717, 1.165) is 22.4 Å². The molecule has 0 radical (unpaired) electrons. The molecule has 0 unspecified atom stereocenters. The molecular weight excluding hydrogens is 262 g/mol. The van der Waals surface area contributed by atoms with Gasteiger partial charge in [-0.15, -0.1) is 0 Å². The van der Waals surface area contributed by atoms with Gasteiger partial charge in [-0.05, 0) is 29.4 Å². The Morgan fingerprint density at radius 3 is 2.05 bits per heavy atom. The molecule has 0 aliphatic heterocycles. The van der Waals surface area contributed by atoms with Crippen molar-refractivity contribution in [1.29, 1.82) is 0 Å². The van der Waals surface area contributed by atoms with E-state index < -0.39 is 0 Å². The summed E-state index contributed by atoms with van der Waals surface area (Å²) < 4.78 is 0. The van der Waals surface area contributed by atoms with Crippen LogP contribution in [-0.4, -0.2) is 11.0 Å². The van der Waals surface area contributed by atoms with Crippen molar-refractivity contribution in [3.05, 3.63) is 22.8 Å². The van der Waals surface area contributed by atoms with Crippen LogP contribution in [0.1, 0.15) is 71.6 Å². The number of phenolic OH excluding ortho intramolecular Hbond substituents is 1. The van der Waals surface area contributed by atoms with E-state index in [0.29, 0.717) is 12.2 Å². The number of rotatable bonds is 2. The molecule has 0 spiro atoms. The molecule has 1 amide bonds. The summed E-state index contributed by atoms with van der Waals surface area (Å²) in [4.78, 5) is 11.8. The number of benzene rings is 1. The zero-order valence-corrected chi connectivity index (χ0v) is 14.6. The summed E-state index contributed by atoms with van der Waals surface area (Å²) in [6.45, 7) is 16.2. The van der Waals surface area contributed by atoms with Gasteiger partial charge in [0, 0.05) is 23.2 Å². The molecule has 0 aromatic heterocycles. The lowest BCUT2D eigenvalue weighted by atomic mass is 9.77. The molecule has 0 saturated carbocycles. The Bertz CT molecular complexity index is 546. The first-order valence-corrected chi connectivity index (χ1v) is 7.57. The summed E-state index contributed by atoms with van der Waals surface area (Å²) in [5.41, 5.74) is 3.12. The van der Waals surface area contributed by atoms with Crippen molar-refractivity contribution >= 4 is 11.6 Å². The Hall–Kier alpha value is -1.51. The van der Waals surface area contributed by atoms with Crippen LogP contribution in [0.3, 0.4) is 0 Å². The van der Waals surface area contributed by atoms with Gasteiger partial charge in [-0.1, -0.05) is 48.5 Å². The second kappa shape index (κ2) is 5.70. The second-order valence-corrected chi connectivity index (χ2v) is 7.72. The Labute approximate surface area is 128 Å². The summed E-state index contributed by atoms with van der Waals surface area (Å²) in [6, 6.07) is 1.91. The van der Waals surface area contributed by atoms with Crippen molar-refractivity contribution in [2.75, 3.05) is 5.32 Å². The molecule has 118 valence electrons. The minimum Gasteiger partial charge on any atom is -0.507 e. The SMILES string of the molecule is CCC(=O)Nc1cc(C(C)(C)C)c(O)c(C(C)(C)C)c1C. The Balaban J connectivity index is 3.64. The summed E-state index contributed by atoms with van der Waals surface area (Å²) in [5.74, 6) is 0.338. The minimum absolute atomic E-state index is 0.0106. The number of phenols is 1. The van der Waals surface area contributed by atoms with E-state index >= 15 is 0 Å². The topological polar surface area (TPSA) is 49.3 Å². The molecule has 1 aromatic rings. The highest BCUT2D eigenvalue weighted by Gasteiger charge is 2.29. The van der Waals surface area contributed by atoms with E-state index in [1.54, 1.807) is 0 Å². The van der Waals surface area contributed by atoms with Gasteiger partial charge in [0.25, 0.3) is 0 Å². The first-order valence-electron chi connectivity index (χ1n) is 7.57. The van der Waals surface area contributed by atoms with Crippen LogP contribution in [0.15, 0.2) is 6.07 Å². The quantitative estimate of drug-likeness (QED) is 0.780. The third-order valence-electron chi connectivity index (χ3n) is 3.71. The summed E-state index contributed by atoms with van der Waals surface area (Å²) in [6.07, 6.45) is 0.440. The first kappa shape index (κ1) is 17.5. The number of hydrogen-bond acceptors (Lipinski definition) is 2. The maximum atomic E-state index is 11.8. The van der Waals surface area contributed by atoms with Gasteiger partial charge in [-0.2, -0.15) is 0 Å². The number of nitrogens with one attached hydrogen (secondary N) is 1. The van der Waals surface area contributed by atoms with Crippen molar-refractivity contribution in [3.63, 3.8) is 0 Å². The predicted molar refractivity (Wildman–Crippen MR) is 89.2 cm³/mol. The number of anilines is 1. The van der Waals surface area contributed by atoms with E-state index in [1.807, 2.05) is 19.9 Å². The van der Waals surface area contributed by atoms with Gasteiger partial charge in [0.1, 0.15) is 5.75 Å². The van der Waals surface area contributed by atoms with E-state index in [4.69, 9.17) is 0 Å². The number of aromatic hydroxyl groups is 1. The fraction of sp³-hybridized carbons (Fsp3) is 0.611. The maximum absolute atomic E-state index is 11.8. The third-order valence-corrected chi connectivity index (χ3v) is 3.71. The van der Waals surface area contributed by atoms with Crippen LogP contribution in [0, 0.1) is 6.92 Å². The molecule has 3 nitrogen and oxygen atoms in total. The number of carbonyl (C=O) groups is 1. The zero-order chi connectivity index (χ0) is 16.6. The van der Waals surface area contributed by atoms with E-state index in [9.17, 15) is 9.90 Å². The molecule has 0 aliphatic carbocycles. The van der Waals surface area contributed by atoms with Gasteiger partial charge < -0.3 is 10.4 Å². The third kappa shape index (κ3) is 3.78. The Kier molecular flexibility index (Phi) is 4.76. The smallest absolute Gasteiger partial charge is 0.224 e. The average molecular weight is 291 g/mol. The lowest BCUT2D eigenvalue weighted by Crippen LogP contribution is -2.21. The minimum atomic E-state index is -0.193. The molecule has 0 atom stereocenters. The van der Waals surface area contributed by atoms with Crippen LogP contribution in [0.5, 0.6) is 5.75 Å². The Morgan fingerprint density at radius 1 is 1.14 bits per heavy atom. The van der Waals surface area contributed by atoms with Gasteiger partial charge in [-0.25, -0.2) is 0 Å². The monoisotopic (exact) mass is 291 g/mol. The van der Waals surface area contributed by atoms with Crippen molar-refractivity contribution in [1.82, 2.24) is 0 Å². The average Bonchev–Trinajstić information content (AvgIpc) is 2.29. The van der Waals surface area contributed by atoms with Crippen LogP contribution in [0.4, 0.5) is 5.69 Å². The lowest BCUT2D eigenvalue weighted by Gasteiger charge is -2.30. The first-order chi connectivity index (χ1) is 9.39. The summed E-state index contributed by atoms with van der Waals surface area (Å²) >= 11 is 0. The standard InChI is InChI=1S/C18H29NO2/c1-9-14(20)19-13-10-12(17(3,4)5)16(21)15(11(13)2)18(6,7)8/h10,21H,9H2,1-8H3,(H,19,20). The molecule has 21 heavy (non-hydrogen) atoms. The fourth-order valence-corrected chi connectivity index (χ4v) is 2.63. The molecule has 0 bridgehead atoms. The van der Waals surface area contributed by atoms with Crippen molar-refractivity contribution < 1.29 is 9.90 Å². The van der Waals surface area contributed by atoms with Gasteiger partial charge in [-0.3, -0.25) is 4.79 Å². The molecular formula is C18H29NO2. The number of hydrogen-bond donors (Lipinski definition) is 2. The Morgan fingerprint density at radius 2 is 1.67 bits per heavy atom. The number of amides is 1. The molecule has 0 saturated heterocycles. The molecule has 3 heteroatoms. The normalized spacial score (nSPS) is 12.4. The summed E-state index contributed by atoms with van der Waals surface area (Å²) in [5, 5.41) is 13.7. The predicted octanol–water partition coefficient (Wildman–Crippen LogP) is 4.64. The molecule has 2 N–H and O–H groups in total. The van der Waals surface area contributed by atoms with Gasteiger partial charge in [0.05, 0.1) is 0 Å². The van der Waals surface area contributed by atoms with Crippen molar-refractivity contribution in [2.45, 2.75) is 72.6 Å². The van der Waals surface area contributed by atoms with E-state index in [-0.39, 0.29) is 16.7 Å². The van der Waals surface area contributed by atoms with Crippen LogP contribution in [-0.2, 0) is 15.6 Å². The van der Waals surface area contributed by atoms with Gasteiger partial charge in [0.2, 0.25) is 5.91 Å². The van der Waals surface area contributed by atoms with Crippen LogP contribution >= 0.6 is 0 Å². The molecule has 0 heterocycles. The highest BCUT2D eigenvalue weighted by Crippen LogP contribution is 2.43. The highest BCUT2D eigenvalue weighted by atomic mass is 16.3. The van der Waals surface area contributed by atoms with Crippen LogP contribution < -0.4 is 5.32 Å². The largest absolute Gasteiger partial charge is 0.507 e. The molecule has 0 aliphatic rings. The highest BCUT2D eigenvalue weighted by molar-refractivity contribution is 5.92.